The Kier molecular flexibility index (Phi) is 4.98. The minimum atomic E-state index is -0.441. The Morgan fingerprint density at radius 2 is 2.25 bits per heavy atom. The molecule has 4 nitrogen and oxygen atoms in total. The first-order valence-corrected chi connectivity index (χ1v) is 6.18. The molecule has 0 bridgehead atoms. The van der Waals surface area contributed by atoms with E-state index in [2.05, 4.69) is 0 Å². The molecule has 0 aliphatic rings. The van der Waals surface area contributed by atoms with Crippen LogP contribution in [0.4, 0.5) is 5.69 Å². The van der Waals surface area contributed by atoms with Gasteiger partial charge in [-0.25, -0.2) is 4.79 Å². The summed E-state index contributed by atoms with van der Waals surface area (Å²) in [5.41, 5.74) is 6.38. The maximum atomic E-state index is 11.7. The number of rotatable bonds is 5. The third-order valence-electron chi connectivity index (χ3n) is 2.00. The monoisotopic (exact) mass is 241 g/mol. The number of thioether (sulfide) groups is 1. The van der Waals surface area contributed by atoms with Gasteiger partial charge in [-0.1, -0.05) is 6.07 Å². The predicted octanol–water partition coefficient (Wildman–Crippen LogP) is 1.80. The Morgan fingerprint density at radius 1 is 1.50 bits per heavy atom. The molecule has 0 amide bonds. The molecular weight excluding hydrogens is 226 g/mol. The zero-order chi connectivity index (χ0) is 12.0. The quantitative estimate of drug-likeness (QED) is 0.484. The first-order chi connectivity index (χ1) is 7.70. The first kappa shape index (κ1) is 12.7. The van der Waals surface area contributed by atoms with Crippen molar-refractivity contribution in [2.45, 2.75) is 0 Å². The van der Waals surface area contributed by atoms with Gasteiger partial charge in [-0.05, 0) is 18.4 Å². The fourth-order valence-electron chi connectivity index (χ4n) is 1.23. The second-order valence-electron chi connectivity index (χ2n) is 3.05. The van der Waals surface area contributed by atoms with Crippen LogP contribution in [0, 0.1) is 0 Å². The van der Waals surface area contributed by atoms with Crippen LogP contribution in [0.25, 0.3) is 0 Å². The van der Waals surface area contributed by atoms with Gasteiger partial charge >= 0.3 is 5.97 Å². The lowest BCUT2D eigenvalue weighted by molar-refractivity contribution is 0.0528. The molecule has 16 heavy (non-hydrogen) atoms. The molecule has 0 atom stereocenters. The van der Waals surface area contributed by atoms with E-state index in [1.165, 1.54) is 7.11 Å². The summed E-state index contributed by atoms with van der Waals surface area (Å²) < 4.78 is 10.1. The van der Waals surface area contributed by atoms with Crippen LogP contribution < -0.4 is 10.5 Å². The van der Waals surface area contributed by atoms with Gasteiger partial charge < -0.3 is 15.2 Å². The molecule has 0 fully saturated rings. The number of carbonyl (C=O) groups excluding carboxylic acids is 1. The zero-order valence-corrected chi connectivity index (χ0v) is 10.2. The van der Waals surface area contributed by atoms with E-state index in [0.717, 1.165) is 5.75 Å². The number of nitrogen functional groups attached to an aromatic ring is 1. The van der Waals surface area contributed by atoms with E-state index in [-0.39, 0.29) is 0 Å². The molecule has 1 aromatic rings. The van der Waals surface area contributed by atoms with E-state index in [0.29, 0.717) is 23.6 Å². The van der Waals surface area contributed by atoms with Crippen molar-refractivity contribution in [3.8, 4) is 5.75 Å². The molecule has 0 saturated heterocycles. The summed E-state index contributed by atoms with van der Waals surface area (Å²) in [6.45, 7) is 0.373. The van der Waals surface area contributed by atoms with Crippen molar-refractivity contribution < 1.29 is 14.3 Å². The normalized spacial score (nSPS) is 9.88. The highest BCUT2D eigenvalue weighted by atomic mass is 32.2. The molecule has 0 aromatic heterocycles. The number of hydrogen-bond acceptors (Lipinski definition) is 5. The number of esters is 1. The number of methoxy groups -OCH3 is 1. The van der Waals surface area contributed by atoms with Gasteiger partial charge in [-0.2, -0.15) is 11.8 Å². The van der Waals surface area contributed by atoms with Crippen LogP contribution in [0.5, 0.6) is 5.75 Å². The molecule has 5 heteroatoms. The molecule has 88 valence electrons. The highest BCUT2D eigenvalue weighted by Gasteiger charge is 2.16. The molecule has 0 heterocycles. The Balaban J connectivity index is 2.81. The Bertz CT molecular complexity index is 368. The predicted molar refractivity (Wildman–Crippen MR) is 66.1 cm³/mol. The number of nitrogens with two attached hydrogens (primary N) is 1. The minimum absolute atomic E-state index is 0.297. The number of hydrogen-bond donors (Lipinski definition) is 1. The van der Waals surface area contributed by atoms with Crippen molar-refractivity contribution in [3.05, 3.63) is 23.8 Å². The highest BCUT2D eigenvalue weighted by Crippen LogP contribution is 2.24. The molecule has 1 aromatic carbocycles. The third kappa shape index (κ3) is 3.06. The maximum Gasteiger partial charge on any atom is 0.344 e. The summed E-state index contributed by atoms with van der Waals surface area (Å²) >= 11 is 1.61. The number of ether oxygens (including phenoxy) is 2. The number of anilines is 1. The Labute approximate surface area is 99.1 Å². The summed E-state index contributed by atoms with van der Waals surface area (Å²) in [6, 6.07) is 5.06. The molecule has 1 rings (SSSR count). The molecule has 0 aliphatic carbocycles. The molecule has 0 aliphatic heterocycles. The second-order valence-corrected chi connectivity index (χ2v) is 4.04. The number of carbonyl (C=O) groups is 1. The maximum absolute atomic E-state index is 11.7. The van der Waals surface area contributed by atoms with Gasteiger partial charge in [0.25, 0.3) is 0 Å². The molecule has 0 unspecified atom stereocenters. The average molecular weight is 241 g/mol. The fourth-order valence-corrected chi connectivity index (χ4v) is 1.48. The zero-order valence-electron chi connectivity index (χ0n) is 9.36. The van der Waals surface area contributed by atoms with Gasteiger partial charge in [-0.15, -0.1) is 0 Å². The minimum Gasteiger partial charge on any atom is -0.496 e. The van der Waals surface area contributed by atoms with Gasteiger partial charge in [-0.3, -0.25) is 0 Å². The van der Waals surface area contributed by atoms with Crippen molar-refractivity contribution in [3.63, 3.8) is 0 Å². The Hall–Kier alpha value is -1.36. The average Bonchev–Trinajstić information content (AvgIpc) is 2.28. The topological polar surface area (TPSA) is 61.5 Å². The summed E-state index contributed by atoms with van der Waals surface area (Å²) in [6.07, 6.45) is 1.95. The van der Waals surface area contributed by atoms with Crippen molar-refractivity contribution >= 4 is 23.4 Å². The number of benzene rings is 1. The molecule has 2 N–H and O–H groups in total. The lowest BCUT2D eigenvalue weighted by atomic mass is 10.1. The van der Waals surface area contributed by atoms with E-state index in [9.17, 15) is 4.79 Å². The van der Waals surface area contributed by atoms with Crippen LogP contribution >= 0.6 is 11.8 Å². The second kappa shape index (κ2) is 6.27. The van der Waals surface area contributed by atoms with Crippen molar-refractivity contribution in [2.24, 2.45) is 0 Å². The van der Waals surface area contributed by atoms with Crippen LogP contribution in [0.3, 0.4) is 0 Å². The summed E-state index contributed by atoms with van der Waals surface area (Å²) in [4.78, 5) is 11.7. The van der Waals surface area contributed by atoms with E-state index in [1.54, 1.807) is 30.0 Å². The van der Waals surface area contributed by atoms with Crippen LogP contribution in [0.2, 0.25) is 0 Å². The first-order valence-electron chi connectivity index (χ1n) is 4.79. The lowest BCUT2D eigenvalue weighted by Crippen LogP contribution is -2.11. The van der Waals surface area contributed by atoms with Crippen LogP contribution in [0.15, 0.2) is 18.2 Å². The van der Waals surface area contributed by atoms with Gasteiger partial charge in [0, 0.05) is 11.4 Å². The molecule has 0 spiro atoms. The molecule has 0 saturated carbocycles. The van der Waals surface area contributed by atoms with Crippen LogP contribution in [0.1, 0.15) is 10.4 Å². The summed E-state index contributed by atoms with van der Waals surface area (Å²) in [7, 11) is 1.49. The summed E-state index contributed by atoms with van der Waals surface area (Å²) in [5.74, 6) is 0.763. The van der Waals surface area contributed by atoms with E-state index in [4.69, 9.17) is 15.2 Å². The standard InChI is InChI=1S/C11H15NO3S/c1-14-9-5-3-4-8(12)10(9)11(13)15-6-7-16-2/h3-5H,6-7,12H2,1-2H3. The molecule has 0 radical (unpaired) electrons. The SMILES string of the molecule is COc1cccc(N)c1C(=O)OCCSC. The van der Waals surface area contributed by atoms with Crippen molar-refractivity contribution in [1.82, 2.24) is 0 Å². The molecular formula is C11H15NO3S. The highest BCUT2D eigenvalue weighted by molar-refractivity contribution is 7.98. The Morgan fingerprint density at radius 3 is 2.88 bits per heavy atom. The summed E-state index contributed by atoms with van der Waals surface area (Å²) in [5, 5.41) is 0. The third-order valence-corrected chi connectivity index (χ3v) is 2.58. The van der Waals surface area contributed by atoms with E-state index < -0.39 is 5.97 Å². The van der Waals surface area contributed by atoms with E-state index >= 15 is 0 Å². The van der Waals surface area contributed by atoms with Crippen LogP contribution in [-0.4, -0.2) is 31.7 Å². The van der Waals surface area contributed by atoms with Crippen molar-refractivity contribution in [2.75, 3.05) is 31.5 Å². The van der Waals surface area contributed by atoms with Gasteiger partial charge in [0.1, 0.15) is 17.9 Å². The van der Waals surface area contributed by atoms with Gasteiger partial charge in [0.05, 0.1) is 7.11 Å². The largest absolute Gasteiger partial charge is 0.496 e. The van der Waals surface area contributed by atoms with Gasteiger partial charge in [0.2, 0.25) is 0 Å². The fraction of sp³-hybridized carbons (Fsp3) is 0.364. The lowest BCUT2D eigenvalue weighted by Gasteiger charge is -2.10. The van der Waals surface area contributed by atoms with Crippen molar-refractivity contribution in [1.29, 1.82) is 0 Å². The van der Waals surface area contributed by atoms with Crippen LogP contribution in [-0.2, 0) is 4.74 Å². The van der Waals surface area contributed by atoms with Gasteiger partial charge in [0.15, 0.2) is 0 Å². The smallest absolute Gasteiger partial charge is 0.344 e. The van der Waals surface area contributed by atoms with E-state index in [1.807, 2.05) is 6.26 Å².